The molecule has 2 aliphatic carbocycles. The van der Waals surface area contributed by atoms with E-state index in [0.717, 1.165) is 18.4 Å². The Balaban J connectivity index is 2.15. The summed E-state index contributed by atoms with van der Waals surface area (Å²) in [6.07, 6.45) is 6.76. The van der Waals surface area contributed by atoms with Crippen LogP contribution < -0.4 is 0 Å². The third-order valence-corrected chi connectivity index (χ3v) is 4.15. The lowest BCUT2D eigenvalue weighted by molar-refractivity contribution is 0.0968. The smallest absolute Gasteiger partial charge is 0.163 e. The standard InChI is InChI=1S/C15H18O/c1-10-6-7-15(16)14-9-12-5-3-2-4-11(12)8-13(10)14/h8-10H,2-7H2,1H3. The van der Waals surface area contributed by atoms with Crippen LogP contribution in [0.15, 0.2) is 12.1 Å². The van der Waals surface area contributed by atoms with E-state index in [-0.39, 0.29) is 0 Å². The zero-order valence-corrected chi connectivity index (χ0v) is 9.88. The maximum Gasteiger partial charge on any atom is 0.163 e. The van der Waals surface area contributed by atoms with Gasteiger partial charge in [0, 0.05) is 12.0 Å². The molecule has 0 aromatic heterocycles. The minimum absolute atomic E-state index is 0.362. The highest BCUT2D eigenvalue weighted by molar-refractivity contribution is 5.99. The zero-order chi connectivity index (χ0) is 11.1. The van der Waals surface area contributed by atoms with Crippen molar-refractivity contribution in [1.29, 1.82) is 0 Å². The molecular formula is C15H18O. The first-order valence-corrected chi connectivity index (χ1v) is 6.44. The second-order valence-electron chi connectivity index (χ2n) is 5.28. The molecule has 3 rings (SSSR count). The molecule has 1 unspecified atom stereocenters. The first-order valence-electron chi connectivity index (χ1n) is 6.44. The first-order chi connectivity index (χ1) is 7.75. The highest BCUT2D eigenvalue weighted by Crippen LogP contribution is 2.35. The topological polar surface area (TPSA) is 17.1 Å². The van der Waals surface area contributed by atoms with Gasteiger partial charge in [-0.2, -0.15) is 0 Å². The first kappa shape index (κ1) is 10.1. The van der Waals surface area contributed by atoms with Crippen molar-refractivity contribution in [1.82, 2.24) is 0 Å². The largest absolute Gasteiger partial charge is 0.294 e. The van der Waals surface area contributed by atoms with Crippen molar-refractivity contribution in [2.24, 2.45) is 0 Å². The maximum absolute atomic E-state index is 11.9. The molecule has 0 aliphatic heterocycles. The van der Waals surface area contributed by atoms with Crippen LogP contribution in [0.25, 0.3) is 0 Å². The van der Waals surface area contributed by atoms with Gasteiger partial charge in [0.1, 0.15) is 0 Å². The van der Waals surface area contributed by atoms with E-state index in [1.807, 2.05) is 0 Å². The van der Waals surface area contributed by atoms with Crippen molar-refractivity contribution in [2.75, 3.05) is 0 Å². The van der Waals surface area contributed by atoms with Crippen LogP contribution >= 0.6 is 0 Å². The average molecular weight is 214 g/mol. The van der Waals surface area contributed by atoms with E-state index >= 15 is 0 Å². The third-order valence-electron chi connectivity index (χ3n) is 4.15. The van der Waals surface area contributed by atoms with Gasteiger partial charge < -0.3 is 0 Å². The fourth-order valence-corrected chi connectivity index (χ4v) is 3.09. The predicted molar refractivity (Wildman–Crippen MR) is 65.1 cm³/mol. The molecule has 0 N–H and O–H groups in total. The van der Waals surface area contributed by atoms with E-state index in [1.165, 1.54) is 42.4 Å². The summed E-state index contributed by atoms with van der Waals surface area (Å²) < 4.78 is 0. The number of hydrogen-bond acceptors (Lipinski definition) is 1. The monoisotopic (exact) mass is 214 g/mol. The fourth-order valence-electron chi connectivity index (χ4n) is 3.09. The zero-order valence-electron chi connectivity index (χ0n) is 9.88. The SMILES string of the molecule is CC1CCC(=O)c2cc3c(cc21)CCCC3. The molecule has 0 saturated carbocycles. The van der Waals surface area contributed by atoms with Gasteiger partial charge in [-0.3, -0.25) is 4.79 Å². The van der Waals surface area contributed by atoms with Crippen LogP contribution in [0, 0.1) is 0 Å². The van der Waals surface area contributed by atoms with Crippen LogP contribution in [-0.2, 0) is 12.8 Å². The van der Waals surface area contributed by atoms with Crippen LogP contribution in [0.1, 0.15) is 65.6 Å². The summed E-state index contributed by atoms with van der Waals surface area (Å²) in [7, 11) is 0. The number of benzene rings is 1. The molecule has 1 atom stereocenters. The van der Waals surface area contributed by atoms with Gasteiger partial charge in [0.25, 0.3) is 0 Å². The van der Waals surface area contributed by atoms with Crippen LogP contribution in [-0.4, -0.2) is 5.78 Å². The van der Waals surface area contributed by atoms with Gasteiger partial charge in [0.2, 0.25) is 0 Å². The second kappa shape index (κ2) is 3.73. The highest BCUT2D eigenvalue weighted by atomic mass is 16.1. The Labute approximate surface area is 96.9 Å². The molecule has 0 saturated heterocycles. The Bertz CT molecular complexity index is 445. The summed E-state index contributed by atoms with van der Waals surface area (Å²) in [5.74, 6) is 0.932. The number of fused-ring (bicyclic) bond motifs is 2. The lowest BCUT2D eigenvalue weighted by Gasteiger charge is -2.25. The molecule has 0 amide bonds. The Morgan fingerprint density at radius 1 is 1.06 bits per heavy atom. The number of carbonyl (C=O) groups excluding carboxylic acids is 1. The molecule has 84 valence electrons. The molecule has 16 heavy (non-hydrogen) atoms. The lowest BCUT2D eigenvalue weighted by atomic mass is 9.78. The number of carbonyl (C=O) groups is 1. The number of hydrogen-bond donors (Lipinski definition) is 0. The van der Waals surface area contributed by atoms with Crippen LogP contribution in [0.2, 0.25) is 0 Å². The van der Waals surface area contributed by atoms with Crippen molar-refractivity contribution in [3.05, 3.63) is 34.4 Å². The molecule has 0 fully saturated rings. The normalized spacial score (nSPS) is 23.8. The minimum Gasteiger partial charge on any atom is -0.294 e. The second-order valence-corrected chi connectivity index (χ2v) is 5.28. The van der Waals surface area contributed by atoms with Crippen molar-refractivity contribution in [2.45, 2.75) is 51.4 Å². The van der Waals surface area contributed by atoms with Gasteiger partial charge in [0.15, 0.2) is 5.78 Å². The quantitative estimate of drug-likeness (QED) is 0.644. The van der Waals surface area contributed by atoms with Crippen LogP contribution in [0.5, 0.6) is 0 Å². The molecule has 1 heteroatoms. The molecule has 1 aromatic rings. The van der Waals surface area contributed by atoms with Crippen LogP contribution in [0.4, 0.5) is 0 Å². The molecule has 0 bridgehead atoms. The highest BCUT2D eigenvalue weighted by Gasteiger charge is 2.24. The number of aryl methyl sites for hydroxylation is 2. The molecule has 1 nitrogen and oxygen atoms in total. The van der Waals surface area contributed by atoms with Gasteiger partial charge in [-0.1, -0.05) is 13.0 Å². The fraction of sp³-hybridized carbons (Fsp3) is 0.533. The predicted octanol–water partition coefficient (Wildman–Crippen LogP) is 3.65. The molecule has 0 heterocycles. The summed E-state index contributed by atoms with van der Waals surface area (Å²) in [4.78, 5) is 11.9. The van der Waals surface area contributed by atoms with E-state index in [2.05, 4.69) is 19.1 Å². The van der Waals surface area contributed by atoms with Crippen molar-refractivity contribution in [3.63, 3.8) is 0 Å². The third kappa shape index (κ3) is 1.50. The number of ketones is 1. The van der Waals surface area contributed by atoms with Gasteiger partial charge in [0.05, 0.1) is 0 Å². The van der Waals surface area contributed by atoms with Crippen molar-refractivity contribution in [3.8, 4) is 0 Å². The summed E-state index contributed by atoms with van der Waals surface area (Å²) >= 11 is 0. The molecule has 0 spiro atoms. The van der Waals surface area contributed by atoms with E-state index in [9.17, 15) is 4.79 Å². The summed E-state index contributed by atoms with van der Waals surface area (Å²) in [5.41, 5.74) is 5.29. The lowest BCUT2D eigenvalue weighted by Crippen LogP contribution is -2.16. The Morgan fingerprint density at radius 2 is 1.75 bits per heavy atom. The summed E-state index contributed by atoms with van der Waals surface area (Å²) in [5, 5.41) is 0. The molecule has 0 radical (unpaired) electrons. The molecule has 1 aromatic carbocycles. The van der Waals surface area contributed by atoms with E-state index in [1.54, 1.807) is 0 Å². The van der Waals surface area contributed by atoms with Crippen molar-refractivity contribution >= 4 is 5.78 Å². The van der Waals surface area contributed by atoms with Gasteiger partial charge >= 0.3 is 0 Å². The molecular weight excluding hydrogens is 196 g/mol. The van der Waals surface area contributed by atoms with E-state index in [0.29, 0.717) is 11.7 Å². The Hall–Kier alpha value is -1.11. The summed E-state index contributed by atoms with van der Waals surface area (Å²) in [6, 6.07) is 4.52. The Kier molecular flexibility index (Phi) is 2.34. The average Bonchev–Trinajstić information content (AvgIpc) is 2.32. The van der Waals surface area contributed by atoms with Gasteiger partial charge in [-0.25, -0.2) is 0 Å². The maximum atomic E-state index is 11.9. The Morgan fingerprint density at radius 3 is 2.50 bits per heavy atom. The van der Waals surface area contributed by atoms with Crippen LogP contribution in [0.3, 0.4) is 0 Å². The number of rotatable bonds is 0. The number of Topliss-reactive ketones (excluding diaryl/α,β-unsaturated/α-hetero) is 1. The van der Waals surface area contributed by atoms with Crippen molar-refractivity contribution < 1.29 is 4.79 Å². The minimum atomic E-state index is 0.362. The van der Waals surface area contributed by atoms with Gasteiger partial charge in [-0.05, 0) is 60.8 Å². The van der Waals surface area contributed by atoms with E-state index in [4.69, 9.17) is 0 Å². The van der Waals surface area contributed by atoms with Gasteiger partial charge in [-0.15, -0.1) is 0 Å². The summed E-state index contributed by atoms with van der Waals surface area (Å²) in [6.45, 7) is 2.25. The van der Waals surface area contributed by atoms with E-state index < -0.39 is 0 Å². The molecule has 2 aliphatic rings.